The van der Waals surface area contributed by atoms with Crippen molar-refractivity contribution in [2.24, 2.45) is 0 Å². The summed E-state index contributed by atoms with van der Waals surface area (Å²) >= 11 is 0. The van der Waals surface area contributed by atoms with Crippen molar-refractivity contribution in [1.82, 2.24) is 4.90 Å². The molecular formula is C7H13NO. The van der Waals surface area contributed by atoms with Crippen LogP contribution in [-0.2, 0) is 4.79 Å². The van der Waals surface area contributed by atoms with Crippen LogP contribution in [0.4, 0.5) is 0 Å². The van der Waals surface area contributed by atoms with Crippen LogP contribution in [-0.4, -0.2) is 24.4 Å². The maximum atomic E-state index is 10.8. The van der Waals surface area contributed by atoms with E-state index < -0.39 is 0 Å². The molecule has 0 fully saturated rings. The Morgan fingerprint density at radius 3 is 2.56 bits per heavy atom. The van der Waals surface area contributed by atoms with Gasteiger partial charge in [0.1, 0.15) is 0 Å². The van der Waals surface area contributed by atoms with Crippen LogP contribution >= 0.6 is 0 Å². The average molecular weight is 127 g/mol. The van der Waals surface area contributed by atoms with Crippen LogP contribution in [0.25, 0.3) is 0 Å². The fourth-order valence-corrected chi connectivity index (χ4v) is 0.426. The zero-order chi connectivity index (χ0) is 7.28. The highest BCUT2D eigenvalue weighted by atomic mass is 16.2. The number of carbonyl (C=O) groups excluding carboxylic acids is 1. The van der Waals surface area contributed by atoms with Crippen molar-refractivity contribution >= 4 is 5.91 Å². The second-order valence-corrected chi connectivity index (χ2v) is 1.85. The Morgan fingerprint density at radius 1 is 1.67 bits per heavy atom. The van der Waals surface area contributed by atoms with E-state index in [4.69, 9.17) is 0 Å². The Labute approximate surface area is 56.2 Å². The summed E-state index contributed by atoms with van der Waals surface area (Å²) < 4.78 is 0. The van der Waals surface area contributed by atoms with Crippen LogP contribution in [0.2, 0.25) is 0 Å². The van der Waals surface area contributed by atoms with Crippen LogP contribution in [0, 0.1) is 0 Å². The number of nitrogens with zero attached hydrogens (tertiary/aromatic N) is 1. The van der Waals surface area contributed by atoms with Gasteiger partial charge in [0.05, 0.1) is 0 Å². The van der Waals surface area contributed by atoms with Crippen molar-refractivity contribution in [3.05, 3.63) is 12.2 Å². The number of amides is 1. The van der Waals surface area contributed by atoms with Gasteiger partial charge in [0.25, 0.3) is 0 Å². The van der Waals surface area contributed by atoms with Gasteiger partial charge in [0.15, 0.2) is 0 Å². The lowest BCUT2D eigenvalue weighted by Gasteiger charge is -2.10. The van der Waals surface area contributed by atoms with Crippen molar-refractivity contribution in [1.29, 1.82) is 0 Å². The third kappa shape index (κ3) is 2.90. The van der Waals surface area contributed by atoms with Gasteiger partial charge in [-0.25, -0.2) is 0 Å². The van der Waals surface area contributed by atoms with E-state index >= 15 is 0 Å². The molecule has 0 aliphatic carbocycles. The van der Waals surface area contributed by atoms with Gasteiger partial charge in [0.2, 0.25) is 5.91 Å². The second-order valence-electron chi connectivity index (χ2n) is 1.85. The number of carbonyl (C=O) groups is 1. The Balaban J connectivity index is 3.73. The van der Waals surface area contributed by atoms with Gasteiger partial charge in [0, 0.05) is 13.6 Å². The van der Waals surface area contributed by atoms with Gasteiger partial charge in [-0.15, -0.1) is 0 Å². The first-order valence-corrected chi connectivity index (χ1v) is 3.10. The number of likely N-dealkylation sites (N-methyl/N-ethyl adjacent to an activating group) is 1. The van der Waals surface area contributed by atoms with Crippen molar-refractivity contribution in [2.75, 3.05) is 13.6 Å². The molecule has 0 rings (SSSR count). The van der Waals surface area contributed by atoms with Crippen molar-refractivity contribution in [2.45, 2.75) is 13.8 Å². The molecule has 9 heavy (non-hydrogen) atoms. The minimum absolute atomic E-state index is 0.0694. The van der Waals surface area contributed by atoms with Crippen LogP contribution in [0.1, 0.15) is 13.8 Å². The number of hydrogen-bond acceptors (Lipinski definition) is 1. The average Bonchev–Trinajstić information content (AvgIpc) is 1.87. The molecule has 0 heterocycles. The summed E-state index contributed by atoms with van der Waals surface area (Å²) in [5.74, 6) is 0.0694. The third-order valence-corrected chi connectivity index (χ3v) is 1.16. The minimum atomic E-state index is 0.0694. The highest BCUT2D eigenvalue weighted by Gasteiger charge is 1.97. The molecule has 0 unspecified atom stereocenters. The molecule has 0 spiro atoms. The lowest BCUT2D eigenvalue weighted by atomic mass is 10.4. The highest BCUT2D eigenvalue weighted by molar-refractivity contribution is 5.87. The largest absolute Gasteiger partial charge is 0.343 e. The molecule has 2 heteroatoms. The third-order valence-electron chi connectivity index (χ3n) is 1.16. The molecular weight excluding hydrogens is 114 g/mol. The minimum Gasteiger partial charge on any atom is -0.343 e. The van der Waals surface area contributed by atoms with E-state index in [-0.39, 0.29) is 5.91 Å². The molecule has 0 aromatic heterocycles. The normalized spacial score (nSPS) is 10.1. The Morgan fingerprint density at radius 2 is 2.22 bits per heavy atom. The van der Waals surface area contributed by atoms with E-state index in [1.54, 1.807) is 24.1 Å². The second kappa shape index (κ2) is 4.13. The van der Waals surface area contributed by atoms with Gasteiger partial charge in [-0.05, 0) is 19.9 Å². The molecule has 0 aromatic carbocycles. The predicted octanol–water partition coefficient (Wildman–Crippen LogP) is 1.04. The van der Waals surface area contributed by atoms with E-state index in [1.807, 2.05) is 13.8 Å². The van der Waals surface area contributed by atoms with Crippen LogP contribution in [0.5, 0.6) is 0 Å². The van der Waals surface area contributed by atoms with Gasteiger partial charge >= 0.3 is 0 Å². The quantitative estimate of drug-likeness (QED) is 0.507. The van der Waals surface area contributed by atoms with Crippen LogP contribution < -0.4 is 0 Å². The molecule has 0 aromatic rings. The first-order chi connectivity index (χ1) is 4.22. The van der Waals surface area contributed by atoms with Crippen molar-refractivity contribution in [3.8, 4) is 0 Å². The molecule has 0 aliphatic heterocycles. The van der Waals surface area contributed by atoms with Crippen LogP contribution in [0.3, 0.4) is 0 Å². The van der Waals surface area contributed by atoms with Crippen LogP contribution in [0.15, 0.2) is 12.2 Å². The topological polar surface area (TPSA) is 20.3 Å². The molecule has 0 aliphatic rings. The summed E-state index contributed by atoms with van der Waals surface area (Å²) in [6.07, 6.45) is 3.30. The van der Waals surface area contributed by atoms with Gasteiger partial charge < -0.3 is 4.90 Å². The van der Waals surface area contributed by atoms with E-state index in [1.165, 1.54) is 0 Å². The Bertz CT molecular complexity index is 118. The lowest BCUT2D eigenvalue weighted by molar-refractivity contribution is -0.124. The number of rotatable bonds is 2. The van der Waals surface area contributed by atoms with E-state index in [9.17, 15) is 4.79 Å². The monoisotopic (exact) mass is 127 g/mol. The van der Waals surface area contributed by atoms with E-state index in [0.29, 0.717) is 0 Å². The van der Waals surface area contributed by atoms with E-state index in [0.717, 1.165) is 6.54 Å². The van der Waals surface area contributed by atoms with E-state index in [2.05, 4.69) is 0 Å². The zero-order valence-electron chi connectivity index (χ0n) is 6.22. The molecule has 2 nitrogen and oxygen atoms in total. The first kappa shape index (κ1) is 8.21. The highest BCUT2D eigenvalue weighted by Crippen LogP contribution is 1.84. The zero-order valence-corrected chi connectivity index (χ0v) is 6.22. The van der Waals surface area contributed by atoms with Gasteiger partial charge in [-0.3, -0.25) is 4.79 Å². The lowest BCUT2D eigenvalue weighted by Crippen LogP contribution is -2.23. The predicted molar refractivity (Wildman–Crippen MR) is 38.1 cm³/mol. The fourth-order valence-electron chi connectivity index (χ4n) is 0.426. The smallest absolute Gasteiger partial charge is 0.245 e. The SMILES string of the molecule is C/C=C\C(=O)N(C)CC. The first-order valence-electron chi connectivity index (χ1n) is 3.10. The number of allylic oxidation sites excluding steroid dienone is 1. The Kier molecular flexibility index (Phi) is 3.76. The molecule has 0 radical (unpaired) electrons. The molecule has 52 valence electrons. The summed E-state index contributed by atoms with van der Waals surface area (Å²) in [6, 6.07) is 0. The fraction of sp³-hybridized carbons (Fsp3) is 0.571. The molecule has 0 atom stereocenters. The standard InChI is InChI=1S/C7H13NO/c1-4-6-7(9)8(3)5-2/h4,6H,5H2,1-3H3/b6-4-. The maximum absolute atomic E-state index is 10.8. The molecule has 0 saturated heterocycles. The summed E-state index contributed by atoms with van der Waals surface area (Å²) in [5.41, 5.74) is 0. The maximum Gasteiger partial charge on any atom is 0.245 e. The molecule has 0 saturated carbocycles. The van der Waals surface area contributed by atoms with Crippen molar-refractivity contribution < 1.29 is 4.79 Å². The van der Waals surface area contributed by atoms with Gasteiger partial charge in [-0.2, -0.15) is 0 Å². The Hall–Kier alpha value is -0.790. The van der Waals surface area contributed by atoms with Crippen molar-refractivity contribution in [3.63, 3.8) is 0 Å². The van der Waals surface area contributed by atoms with Gasteiger partial charge in [-0.1, -0.05) is 6.08 Å². The summed E-state index contributed by atoms with van der Waals surface area (Å²) in [4.78, 5) is 12.5. The number of hydrogen-bond donors (Lipinski definition) is 0. The summed E-state index contributed by atoms with van der Waals surface area (Å²) in [7, 11) is 1.78. The molecule has 1 amide bonds. The summed E-state index contributed by atoms with van der Waals surface area (Å²) in [6.45, 7) is 4.55. The summed E-state index contributed by atoms with van der Waals surface area (Å²) in [5, 5.41) is 0. The molecule has 0 N–H and O–H groups in total. The molecule has 0 bridgehead atoms.